The predicted molar refractivity (Wildman–Crippen MR) is 150 cm³/mol. The number of esters is 1. The number of nitrogens with one attached hydrogen (secondary N) is 1. The van der Waals surface area contributed by atoms with E-state index in [1.54, 1.807) is 6.92 Å². The van der Waals surface area contributed by atoms with Crippen LogP contribution in [0, 0.1) is 20.8 Å². The Hall–Kier alpha value is -3.16. The van der Waals surface area contributed by atoms with Crippen LogP contribution in [0.25, 0.3) is 22.0 Å². The minimum Gasteiger partial charge on any atom is -0.462 e. The van der Waals surface area contributed by atoms with Gasteiger partial charge in [0.15, 0.2) is 0 Å². The minimum absolute atomic E-state index is 0.158. The number of anilines is 1. The van der Waals surface area contributed by atoms with Crippen molar-refractivity contribution in [3.05, 3.63) is 76.2 Å². The molecular weight excluding hydrogens is 488 g/mol. The number of rotatable bonds is 8. The molecule has 5 nitrogen and oxygen atoms in total. The Morgan fingerprint density at radius 1 is 1.06 bits per heavy atom. The van der Waals surface area contributed by atoms with E-state index in [4.69, 9.17) is 9.72 Å². The summed E-state index contributed by atoms with van der Waals surface area (Å²) in [4.78, 5) is 31.1. The summed E-state index contributed by atoms with van der Waals surface area (Å²) in [6, 6.07) is 16.0. The van der Waals surface area contributed by atoms with Crippen molar-refractivity contribution >= 4 is 50.9 Å². The first-order chi connectivity index (χ1) is 17.3. The van der Waals surface area contributed by atoms with Crippen molar-refractivity contribution in [3.8, 4) is 11.1 Å². The van der Waals surface area contributed by atoms with Crippen molar-refractivity contribution in [2.45, 2.75) is 51.3 Å². The lowest BCUT2D eigenvalue weighted by Crippen LogP contribution is -2.25. The van der Waals surface area contributed by atoms with E-state index >= 15 is 0 Å². The first-order valence-corrected chi connectivity index (χ1v) is 13.8. The number of ether oxygens (including phenoxy) is 1. The van der Waals surface area contributed by atoms with E-state index in [1.165, 1.54) is 28.7 Å². The molecule has 36 heavy (non-hydrogen) atoms. The van der Waals surface area contributed by atoms with Crippen molar-refractivity contribution in [2.24, 2.45) is 0 Å². The van der Waals surface area contributed by atoms with Gasteiger partial charge in [-0.05, 0) is 62.9 Å². The fourth-order valence-electron chi connectivity index (χ4n) is 4.22. The number of thiophene rings is 1. The second-order valence-corrected chi connectivity index (χ2v) is 10.8. The van der Waals surface area contributed by atoms with Crippen LogP contribution in [0.3, 0.4) is 0 Å². The third-order valence-corrected chi connectivity index (χ3v) is 8.13. The van der Waals surface area contributed by atoms with E-state index in [-0.39, 0.29) is 17.8 Å². The van der Waals surface area contributed by atoms with Gasteiger partial charge < -0.3 is 10.1 Å². The maximum Gasteiger partial charge on any atom is 0.341 e. The van der Waals surface area contributed by atoms with Gasteiger partial charge in [-0.1, -0.05) is 60.6 Å². The number of pyridine rings is 1. The highest BCUT2D eigenvalue weighted by molar-refractivity contribution is 8.00. The highest BCUT2D eigenvalue weighted by Crippen LogP contribution is 2.37. The molecule has 4 rings (SSSR count). The van der Waals surface area contributed by atoms with E-state index < -0.39 is 5.97 Å². The van der Waals surface area contributed by atoms with E-state index in [2.05, 4.69) is 38.2 Å². The van der Waals surface area contributed by atoms with Crippen LogP contribution >= 0.6 is 23.1 Å². The van der Waals surface area contributed by atoms with Crippen molar-refractivity contribution in [3.63, 3.8) is 0 Å². The van der Waals surface area contributed by atoms with Gasteiger partial charge in [0.05, 0.1) is 22.4 Å². The molecule has 7 heteroatoms. The zero-order valence-electron chi connectivity index (χ0n) is 21.2. The number of nitrogens with zero attached hydrogens (tertiary/aromatic N) is 1. The molecule has 2 heterocycles. The van der Waals surface area contributed by atoms with Crippen LogP contribution < -0.4 is 5.32 Å². The molecule has 2 aromatic carbocycles. The summed E-state index contributed by atoms with van der Waals surface area (Å²) in [7, 11) is 0. The lowest BCUT2D eigenvalue weighted by molar-refractivity contribution is -0.115. The fraction of sp³-hybridized carbons (Fsp3) is 0.276. The number of fused-ring (bicyclic) bond motifs is 1. The second-order valence-electron chi connectivity index (χ2n) is 8.70. The van der Waals surface area contributed by atoms with Crippen LogP contribution in [-0.4, -0.2) is 28.7 Å². The number of aryl methyl sites for hydroxylation is 3. The monoisotopic (exact) mass is 518 g/mol. The lowest BCUT2D eigenvalue weighted by atomic mass is 10.0. The lowest BCUT2D eigenvalue weighted by Gasteiger charge is -2.16. The van der Waals surface area contributed by atoms with Gasteiger partial charge >= 0.3 is 5.97 Å². The molecule has 1 unspecified atom stereocenters. The largest absolute Gasteiger partial charge is 0.462 e. The van der Waals surface area contributed by atoms with Crippen LogP contribution in [0.4, 0.5) is 5.00 Å². The quantitative estimate of drug-likeness (QED) is 0.192. The van der Waals surface area contributed by atoms with Gasteiger partial charge in [0.1, 0.15) is 10.6 Å². The maximum absolute atomic E-state index is 13.4. The molecule has 1 atom stereocenters. The molecule has 0 aliphatic heterocycles. The zero-order valence-corrected chi connectivity index (χ0v) is 22.8. The number of thioether (sulfide) groups is 1. The molecule has 0 radical (unpaired) electrons. The average Bonchev–Trinajstić information content (AvgIpc) is 3.27. The van der Waals surface area contributed by atoms with Gasteiger partial charge in [-0.25, -0.2) is 9.78 Å². The maximum atomic E-state index is 13.4. The van der Waals surface area contributed by atoms with Gasteiger partial charge in [-0.2, -0.15) is 0 Å². The van der Waals surface area contributed by atoms with Crippen LogP contribution in [0.1, 0.15) is 47.3 Å². The molecule has 186 valence electrons. The van der Waals surface area contributed by atoms with Crippen molar-refractivity contribution in [1.29, 1.82) is 0 Å². The number of amides is 1. The Morgan fingerprint density at radius 2 is 1.81 bits per heavy atom. The standard InChI is InChI=1S/C29H30N2O3S2/c1-6-23(36-24-15-18(4)21-14-17(3)13-19(5)26(21)30-24)27(32)31-28-25(29(33)34-7-2)22(16-35-28)20-11-9-8-10-12-20/h8-16,23H,6-7H2,1-5H3,(H,31,32). The number of hydrogen-bond donors (Lipinski definition) is 1. The molecule has 1 amide bonds. The average molecular weight is 519 g/mol. The molecule has 2 aromatic heterocycles. The van der Waals surface area contributed by atoms with Crippen LogP contribution in [0.2, 0.25) is 0 Å². The van der Waals surface area contributed by atoms with Gasteiger partial charge in [-0.3, -0.25) is 4.79 Å². The Balaban J connectivity index is 1.61. The van der Waals surface area contributed by atoms with E-state index in [0.29, 0.717) is 17.0 Å². The topological polar surface area (TPSA) is 68.3 Å². The van der Waals surface area contributed by atoms with Crippen LogP contribution in [0.15, 0.2) is 58.9 Å². The van der Waals surface area contributed by atoms with E-state index in [9.17, 15) is 9.59 Å². The third kappa shape index (κ3) is 5.47. The number of carbonyl (C=O) groups is 2. The van der Waals surface area contributed by atoms with E-state index in [1.807, 2.05) is 48.7 Å². The predicted octanol–water partition coefficient (Wildman–Crippen LogP) is 7.57. The summed E-state index contributed by atoms with van der Waals surface area (Å²) in [5, 5.41) is 7.00. The molecule has 0 aliphatic rings. The van der Waals surface area contributed by atoms with Crippen molar-refractivity contribution < 1.29 is 14.3 Å². The summed E-state index contributed by atoms with van der Waals surface area (Å²) in [6.45, 7) is 10.3. The number of benzene rings is 2. The summed E-state index contributed by atoms with van der Waals surface area (Å²) in [5.41, 5.74) is 6.49. The summed E-state index contributed by atoms with van der Waals surface area (Å²) < 4.78 is 5.33. The minimum atomic E-state index is -0.439. The molecule has 4 aromatic rings. The number of aromatic nitrogens is 1. The summed E-state index contributed by atoms with van der Waals surface area (Å²) in [5.74, 6) is -0.596. The molecule has 0 spiro atoms. The Labute approximate surface area is 220 Å². The SMILES string of the molecule is CCOC(=O)c1c(-c2ccccc2)csc1NC(=O)C(CC)Sc1cc(C)c2cc(C)cc(C)c2n1. The van der Waals surface area contributed by atoms with Gasteiger partial charge in [0.25, 0.3) is 0 Å². The first-order valence-electron chi connectivity index (χ1n) is 12.0. The van der Waals surface area contributed by atoms with Gasteiger partial charge in [-0.15, -0.1) is 11.3 Å². The molecular formula is C29H30N2O3S2. The number of carbonyl (C=O) groups excluding carboxylic acids is 2. The Kier molecular flexibility index (Phi) is 8.11. The fourth-order valence-corrected chi connectivity index (χ4v) is 6.19. The molecule has 0 aliphatic carbocycles. The van der Waals surface area contributed by atoms with Gasteiger partial charge in [0.2, 0.25) is 5.91 Å². The third-order valence-electron chi connectivity index (χ3n) is 5.95. The highest BCUT2D eigenvalue weighted by Gasteiger charge is 2.26. The van der Waals surface area contributed by atoms with Crippen LogP contribution in [0.5, 0.6) is 0 Å². The Morgan fingerprint density at radius 3 is 2.50 bits per heavy atom. The summed E-state index contributed by atoms with van der Waals surface area (Å²) in [6.07, 6.45) is 0.619. The van der Waals surface area contributed by atoms with E-state index in [0.717, 1.165) is 38.2 Å². The first kappa shape index (κ1) is 25.9. The normalized spacial score (nSPS) is 11.9. The van der Waals surface area contributed by atoms with Gasteiger partial charge in [0, 0.05) is 16.3 Å². The smallest absolute Gasteiger partial charge is 0.341 e. The Bertz CT molecular complexity index is 1410. The van der Waals surface area contributed by atoms with Crippen molar-refractivity contribution in [1.82, 2.24) is 4.98 Å². The number of hydrogen-bond acceptors (Lipinski definition) is 6. The second kappa shape index (κ2) is 11.3. The molecule has 0 bridgehead atoms. The molecule has 0 saturated heterocycles. The van der Waals surface area contributed by atoms with Crippen LogP contribution in [-0.2, 0) is 9.53 Å². The highest BCUT2D eigenvalue weighted by atomic mass is 32.2. The molecule has 0 saturated carbocycles. The molecule has 1 N–H and O–H groups in total. The molecule has 0 fully saturated rings. The van der Waals surface area contributed by atoms with Crippen molar-refractivity contribution in [2.75, 3.05) is 11.9 Å². The zero-order chi connectivity index (χ0) is 25.8. The summed E-state index contributed by atoms with van der Waals surface area (Å²) >= 11 is 2.79.